The van der Waals surface area contributed by atoms with Gasteiger partial charge in [0.15, 0.2) is 0 Å². The zero-order valence-electron chi connectivity index (χ0n) is 10.2. The van der Waals surface area contributed by atoms with Crippen molar-refractivity contribution < 1.29 is 9.53 Å². The van der Waals surface area contributed by atoms with Crippen LogP contribution in [0.4, 0.5) is 5.69 Å². The Bertz CT molecular complexity index is 639. The fraction of sp³-hybridized carbons (Fsp3) is 0.0714. The minimum atomic E-state index is -0.598. The van der Waals surface area contributed by atoms with E-state index in [-0.39, 0.29) is 22.9 Å². The lowest BCUT2D eigenvalue weighted by Gasteiger charge is -2.09. The molecule has 104 valence electrons. The molecule has 6 heteroatoms. The van der Waals surface area contributed by atoms with E-state index in [0.29, 0.717) is 15.6 Å². The number of nitrogens with two attached hydrogens (primary N) is 1. The summed E-state index contributed by atoms with van der Waals surface area (Å²) in [6.45, 7) is 0.0134. The Hall–Kier alpha value is -1.42. The molecule has 0 atom stereocenters. The van der Waals surface area contributed by atoms with Crippen LogP contribution in [0.25, 0.3) is 0 Å². The molecule has 0 aliphatic heterocycles. The molecule has 2 N–H and O–H groups in total. The maximum Gasteiger partial charge on any atom is 0.342 e. The molecule has 3 nitrogen and oxygen atoms in total. The first-order valence-corrected chi connectivity index (χ1v) is 6.77. The second-order valence-corrected chi connectivity index (χ2v) is 5.27. The van der Waals surface area contributed by atoms with Gasteiger partial charge in [-0.2, -0.15) is 0 Å². The molecular weight excluding hydrogens is 321 g/mol. The summed E-state index contributed by atoms with van der Waals surface area (Å²) in [5.41, 5.74) is 6.78. The Morgan fingerprint density at radius 3 is 2.50 bits per heavy atom. The number of hydrogen-bond donors (Lipinski definition) is 1. The van der Waals surface area contributed by atoms with Crippen molar-refractivity contribution in [3.63, 3.8) is 0 Å². The van der Waals surface area contributed by atoms with Crippen LogP contribution in [0.1, 0.15) is 15.9 Å². The Labute approximate surface area is 131 Å². The van der Waals surface area contributed by atoms with Crippen molar-refractivity contribution in [2.45, 2.75) is 6.61 Å². The van der Waals surface area contributed by atoms with Crippen LogP contribution in [-0.2, 0) is 11.3 Å². The number of hydrogen-bond acceptors (Lipinski definition) is 3. The quantitative estimate of drug-likeness (QED) is 0.661. The Kier molecular flexibility index (Phi) is 4.76. The molecule has 0 unspecified atom stereocenters. The molecule has 0 heterocycles. The SMILES string of the molecule is Nc1cccc(Cl)c1C(=O)OCc1ccc(Cl)cc1Cl. The van der Waals surface area contributed by atoms with Crippen LogP contribution in [0.5, 0.6) is 0 Å². The summed E-state index contributed by atoms with van der Waals surface area (Å²) in [5, 5.41) is 1.19. The third-order valence-corrected chi connectivity index (χ3v) is 3.53. The molecule has 2 rings (SSSR count). The number of esters is 1. The summed E-state index contributed by atoms with van der Waals surface area (Å²) in [4.78, 5) is 12.0. The molecule has 0 bridgehead atoms. The number of carbonyl (C=O) groups excluding carboxylic acids is 1. The van der Waals surface area contributed by atoms with Crippen LogP contribution in [0, 0.1) is 0 Å². The number of nitrogen functional groups attached to an aromatic ring is 1. The van der Waals surface area contributed by atoms with Crippen molar-refractivity contribution >= 4 is 46.5 Å². The number of benzene rings is 2. The fourth-order valence-corrected chi connectivity index (χ4v) is 2.33. The summed E-state index contributed by atoms with van der Waals surface area (Å²) in [5.74, 6) is -0.598. The first-order valence-electron chi connectivity index (χ1n) is 5.64. The maximum absolute atomic E-state index is 12.0. The van der Waals surface area contributed by atoms with Gasteiger partial charge in [0.1, 0.15) is 12.2 Å². The van der Waals surface area contributed by atoms with E-state index >= 15 is 0 Å². The maximum atomic E-state index is 12.0. The number of halogens is 3. The van der Waals surface area contributed by atoms with Gasteiger partial charge in [0.05, 0.1) is 5.02 Å². The Morgan fingerprint density at radius 1 is 1.10 bits per heavy atom. The van der Waals surface area contributed by atoms with E-state index in [0.717, 1.165) is 0 Å². The van der Waals surface area contributed by atoms with Gasteiger partial charge in [0.25, 0.3) is 0 Å². The summed E-state index contributed by atoms with van der Waals surface area (Å²) < 4.78 is 5.17. The van der Waals surface area contributed by atoms with Gasteiger partial charge in [-0.05, 0) is 24.3 Å². The first-order chi connectivity index (χ1) is 9.49. The minimum absolute atomic E-state index is 0.0134. The van der Waals surface area contributed by atoms with E-state index < -0.39 is 5.97 Å². The van der Waals surface area contributed by atoms with Crippen molar-refractivity contribution in [3.05, 3.63) is 62.6 Å². The summed E-state index contributed by atoms with van der Waals surface area (Å²) in [7, 11) is 0. The lowest BCUT2D eigenvalue weighted by atomic mass is 10.2. The predicted molar refractivity (Wildman–Crippen MR) is 81.4 cm³/mol. The molecule has 2 aromatic rings. The molecule has 0 aliphatic carbocycles. The van der Waals surface area contributed by atoms with E-state index in [1.165, 1.54) is 0 Å². The molecule has 0 spiro atoms. The number of anilines is 1. The molecule has 0 fully saturated rings. The summed E-state index contributed by atoms with van der Waals surface area (Å²) >= 11 is 17.7. The highest BCUT2D eigenvalue weighted by atomic mass is 35.5. The first kappa shape index (κ1) is 15.0. The van der Waals surface area contributed by atoms with Crippen LogP contribution in [0.3, 0.4) is 0 Å². The van der Waals surface area contributed by atoms with Gasteiger partial charge in [-0.15, -0.1) is 0 Å². The van der Waals surface area contributed by atoms with Gasteiger partial charge in [-0.25, -0.2) is 4.79 Å². The molecule has 0 saturated heterocycles. The molecule has 0 aliphatic rings. The van der Waals surface area contributed by atoms with Crippen LogP contribution in [0.2, 0.25) is 15.1 Å². The minimum Gasteiger partial charge on any atom is -0.457 e. The molecule has 0 aromatic heterocycles. The monoisotopic (exact) mass is 329 g/mol. The number of rotatable bonds is 3. The van der Waals surface area contributed by atoms with Crippen LogP contribution in [-0.4, -0.2) is 5.97 Å². The van der Waals surface area contributed by atoms with Gasteiger partial charge in [-0.3, -0.25) is 0 Å². The highest BCUT2D eigenvalue weighted by molar-refractivity contribution is 6.35. The average molecular weight is 331 g/mol. The Balaban J connectivity index is 2.13. The van der Waals surface area contributed by atoms with E-state index in [4.69, 9.17) is 45.3 Å². The zero-order chi connectivity index (χ0) is 14.7. The predicted octanol–water partition coefficient (Wildman–Crippen LogP) is 4.59. The molecule has 20 heavy (non-hydrogen) atoms. The highest BCUT2D eigenvalue weighted by Gasteiger charge is 2.16. The van der Waals surface area contributed by atoms with Crippen molar-refractivity contribution in [1.82, 2.24) is 0 Å². The van der Waals surface area contributed by atoms with Crippen LogP contribution < -0.4 is 5.73 Å². The summed E-state index contributed by atoms with van der Waals surface area (Å²) in [6.07, 6.45) is 0. The van der Waals surface area contributed by atoms with E-state index in [1.807, 2.05) is 0 Å². The second-order valence-electron chi connectivity index (χ2n) is 4.02. The van der Waals surface area contributed by atoms with Crippen molar-refractivity contribution in [1.29, 1.82) is 0 Å². The number of carbonyl (C=O) groups is 1. The third-order valence-electron chi connectivity index (χ3n) is 2.62. The molecule has 0 saturated carbocycles. The van der Waals surface area contributed by atoms with E-state index in [9.17, 15) is 4.79 Å². The standard InChI is InChI=1S/C14H10Cl3NO2/c15-9-5-4-8(11(17)6-9)7-20-14(19)13-10(16)2-1-3-12(13)18/h1-6H,7,18H2. The van der Waals surface area contributed by atoms with E-state index in [1.54, 1.807) is 36.4 Å². The smallest absolute Gasteiger partial charge is 0.342 e. The topological polar surface area (TPSA) is 52.3 Å². The lowest BCUT2D eigenvalue weighted by molar-refractivity contribution is 0.0474. The second kappa shape index (κ2) is 6.35. The van der Waals surface area contributed by atoms with Gasteiger partial charge >= 0.3 is 5.97 Å². The van der Waals surface area contributed by atoms with Gasteiger partial charge in [0.2, 0.25) is 0 Å². The largest absolute Gasteiger partial charge is 0.457 e. The Morgan fingerprint density at radius 2 is 1.85 bits per heavy atom. The fourth-order valence-electron chi connectivity index (χ4n) is 1.61. The number of ether oxygens (including phenoxy) is 1. The van der Waals surface area contributed by atoms with Gasteiger partial charge in [0, 0.05) is 21.3 Å². The molecule has 2 aromatic carbocycles. The van der Waals surface area contributed by atoms with Crippen molar-refractivity contribution in [2.24, 2.45) is 0 Å². The van der Waals surface area contributed by atoms with Crippen molar-refractivity contribution in [2.75, 3.05) is 5.73 Å². The third kappa shape index (κ3) is 3.37. The average Bonchev–Trinajstić information content (AvgIpc) is 2.37. The molecule has 0 radical (unpaired) electrons. The van der Waals surface area contributed by atoms with Crippen molar-refractivity contribution in [3.8, 4) is 0 Å². The van der Waals surface area contributed by atoms with Gasteiger partial charge < -0.3 is 10.5 Å². The van der Waals surface area contributed by atoms with Crippen LogP contribution in [0.15, 0.2) is 36.4 Å². The van der Waals surface area contributed by atoms with Crippen LogP contribution >= 0.6 is 34.8 Å². The van der Waals surface area contributed by atoms with Gasteiger partial charge in [-0.1, -0.05) is 46.9 Å². The highest BCUT2D eigenvalue weighted by Crippen LogP contribution is 2.25. The zero-order valence-corrected chi connectivity index (χ0v) is 12.5. The van der Waals surface area contributed by atoms with E-state index in [2.05, 4.69) is 0 Å². The lowest BCUT2D eigenvalue weighted by Crippen LogP contribution is -2.09. The molecule has 0 amide bonds. The molecular formula is C14H10Cl3NO2. The summed E-state index contributed by atoms with van der Waals surface area (Å²) in [6, 6.07) is 9.75. The normalized spacial score (nSPS) is 10.3.